The molecule has 2 heterocycles. The highest BCUT2D eigenvalue weighted by molar-refractivity contribution is 5.97. The first-order chi connectivity index (χ1) is 26.8. The van der Waals surface area contributed by atoms with E-state index in [0.29, 0.717) is 58.2 Å². The number of esters is 1. The van der Waals surface area contributed by atoms with Gasteiger partial charge in [0.25, 0.3) is 0 Å². The number of nitrogens with one attached hydrogen (secondary N) is 5. The van der Waals surface area contributed by atoms with Crippen LogP contribution in [0.5, 0.6) is 0 Å². The van der Waals surface area contributed by atoms with E-state index < -0.39 is 95.8 Å². The summed E-state index contributed by atoms with van der Waals surface area (Å²) in [4.78, 5) is 108. The molecule has 2 aliphatic heterocycles. The summed E-state index contributed by atoms with van der Waals surface area (Å²) in [5.41, 5.74) is -0.751. The molecule has 0 aromatic carbocycles. The van der Waals surface area contributed by atoms with Gasteiger partial charge in [0, 0.05) is 33.4 Å². The molecule has 5 atom stereocenters. The Morgan fingerprint density at radius 3 is 1.88 bits per heavy atom. The average Bonchev–Trinajstić information content (AvgIpc) is 3.84. The number of nitrogens with zero attached hydrogens (tertiary/aromatic N) is 2. The minimum Gasteiger partial charge on any atom is -0.468 e. The third-order valence-electron chi connectivity index (χ3n) is 9.38. The van der Waals surface area contributed by atoms with Crippen LogP contribution in [0.15, 0.2) is 0 Å². The summed E-state index contributed by atoms with van der Waals surface area (Å²) in [6, 6.07) is -5.20. The van der Waals surface area contributed by atoms with Crippen molar-refractivity contribution in [3.05, 3.63) is 0 Å². The molecule has 2 fully saturated rings. The van der Waals surface area contributed by atoms with Crippen molar-refractivity contribution in [2.45, 2.75) is 123 Å². The van der Waals surface area contributed by atoms with Gasteiger partial charge in [-0.15, -0.1) is 0 Å². The van der Waals surface area contributed by atoms with Gasteiger partial charge < -0.3 is 50.4 Å². The minimum absolute atomic E-state index is 0.234. The zero-order valence-corrected chi connectivity index (χ0v) is 35.0. The van der Waals surface area contributed by atoms with Crippen molar-refractivity contribution < 1.29 is 57.3 Å². The molecule has 7 amide bonds. The summed E-state index contributed by atoms with van der Waals surface area (Å²) in [5.74, 6) is -5.20. The number of methoxy groups -OCH3 is 2. The van der Waals surface area contributed by atoms with Gasteiger partial charge in [0.05, 0.1) is 20.3 Å². The Morgan fingerprint density at radius 1 is 0.702 bits per heavy atom. The number of amides is 7. The number of hydrogen-bond acceptors (Lipinski definition) is 12. The molecule has 0 aliphatic carbocycles. The Labute approximate surface area is 335 Å². The van der Waals surface area contributed by atoms with Gasteiger partial charge in [-0.25, -0.2) is 4.79 Å². The van der Waals surface area contributed by atoms with Crippen molar-refractivity contribution in [1.82, 2.24) is 36.4 Å². The van der Waals surface area contributed by atoms with E-state index in [4.69, 9.17) is 14.2 Å². The van der Waals surface area contributed by atoms with E-state index in [0.717, 1.165) is 0 Å². The van der Waals surface area contributed by atoms with Crippen molar-refractivity contribution in [2.24, 2.45) is 11.8 Å². The van der Waals surface area contributed by atoms with Crippen LogP contribution < -0.4 is 26.6 Å². The SMILES string of the molecule is COCCCCOC[C@H](NC(=O)[C@@H]1CCCN1C(=O)[C@@H]1CCCN1C(=O)OC(C)(C)C)C(=O)N[C@H](C(=O)N[C@H](C(=O)NCC(=O)NCC(=O)OC)C(C)C)C(C)C. The number of unbranched alkanes of at least 4 members (excludes halogenated alkanes) is 1. The van der Waals surface area contributed by atoms with E-state index in [1.165, 1.54) is 16.9 Å². The molecule has 0 aromatic rings. The number of rotatable bonds is 21. The maximum absolute atomic E-state index is 13.9. The topological polar surface area (TPSA) is 240 Å². The lowest BCUT2D eigenvalue weighted by atomic mass is 9.99. The Balaban J connectivity index is 2.19. The van der Waals surface area contributed by atoms with E-state index in [1.54, 1.807) is 55.6 Å². The van der Waals surface area contributed by atoms with Gasteiger partial charge >= 0.3 is 12.1 Å². The zero-order valence-electron chi connectivity index (χ0n) is 35.0. The molecule has 0 aromatic heterocycles. The van der Waals surface area contributed by atoms with Crippen molar-refractivity contribution >= 4 is 47.5 Å². The predicted octanol–water partition coefficient (Wildman–Crippen LogP) is -0.00810. The van der Waals surface area contributed by atoms with Gasteiger partial charge in [-0.2, -0.15) is 0 Å². The van der Waals surface area contributed by atoms with Gasteiger partial charge in [-0.05, 0) is 71.1 Å². The van der Waals surface area contributed by atoms with Crippen LogP contribution in [-0.2, 0) is 52.5 Å². The minimum atomic E-state index is -1.26. The van der Waals surface area contributed by atoms with Crippen LogP contribution in [0.1, 0.15) is 87.0 Å². The molecule has 0 saturated carbocycles. The first-order valence-electron chi connectivity index (χ1n) is 19.7. The van der Waals surface area contributed by atoms with Gasteiger partial charge in [-0.3, -0.25) is 38.5 Å². The Bertz CT molecular complexity index is 1400. The number of carbonyl (C=O) groups excluding carboxylic acids is 8. The second-order valence-corrected chi connectivity index (χ2v) is 15.9. The average molecular weight is 812 g/mol. The van der Waals surface area contributed by atoms with Crippen LogP contribution in [0.25, 0.3) is 0 Å². The van der Waals surface area contributed by atoms with Crippen LogP contribution in [0.2, 0.25) is 0 Å². The van der Waals surface area contributed by atoms with E-state index in [2.05, 4.69) is 31.3 Å². The maximum atomic E-state index is 13.9. The summed E-state index contributed by atoms with van der Waals surface area (Å²) in [5, 5.41) is 12.9. The molecule has 5 N–H and O–H groups in total. The summed E-state index contributed by atoms with van der Waals surface area (Å²) >= 11 is 0. The highest BCUT2D eigenvalue weighted by Crippen LogP contribution is 2.26. The third kappa shape index (κ3) is 16.1. The Hall–Kier alpha value is -4.52. The number of likely N-dealkylation sites (tertiary alicyclic amines) is 2. The molecular formula is C38H65N7O12. The fourth-order valence-electron chi connectivity index (χ4n) is 6.31. The molecule has 2 aliphatic rings. The molecule has 0 radical (unpaired) electrons. The third-order valence-corrected chi connectivity index (χ3v) is 9.38. The van der Waals surface area contributed by atoms with E-state index in [-0.39, 0.29) is 25.7 Å². The zero-order chi connectivity index (χ0) is 42.9. The van der Waals surface area contributed by atoms with Gasteiger partial charge in [0.15, 0.2) is 0 Å². The van der Waals surface area contributed by atoms with Crippen LogP contribution in [0.4, 0.5) is 4.79 Å². The van der Waals surface area contributed by atoms with E-state index in [9.17, 15) is 38.4 Å². The maximum Gasteiger partial charge on any atom is 0.410 e. The van der Waals surface area contributed by atoms with Crippen molar-refractivity contribution in [2.75, 3.05) is 60.2 Å². The van der Waals surface area contributed by atoms with Gasteiger partial charge in [-0.1, -0.05) is 27.7 Å². The van der Waals surface area contributed by atoms with Crippen molar-refractivity contribution in [3.8, 4) is 0 Å². The fraction of sp³-hybridized carbons (Fsp3) is 0.789. The molecule has 0 unspecified atom stereocenters. The lowest BCUT2D eigenvalue weighted by Gasteiger charge is -2.33. The van der Waals surface area contributed by atoms with Crippen molar-refractivity contribution in [3.63, 3.8) is 0 Å². The monoisotopic (exact) mass is 811 g/mol. The molecule has 0 spiro atoms. The normalized spacial score (nSPS) is 18.4. The highest BCUT2D eigenvalue weighted by atomic mass is 16.6. The summed E-state index contributed by atoms with van der Waals surface area (Å²) in [6.07, 6.45) is 2.64. The predicted molar refractivity (Wildman–Crippen MR) is 206 cm³/mol. The summed E-state index contributed by atoms with van der Waals surface area (Å²) < 4.78 is 20.9. The van der Waals surface area contributed by atoms with Gasteiger partial charge in [0.2, 0.25) is 35.4 Å². The van der Waals surface area contributed by atoms with Crippen molar-refractivity contribution in [1.29, 1.82) is 0 Å². The molecule has 2 saturated heterocycles. The fourth-order valence-corrected chi connectivity index (χ4v) is 6.31. The smallest absolute Gasteiger partial charge is 0.410 e. The van der Waals surface area contributed by atoms with Crippen LogP contribution in [0.3, 0.4) is 0 Å². The summed E-state index contributed by atoms with van der Waals surface area (Å²) in [7, 11) is 2.75. The lowest BCUT2D eigenvalue weighted by molar-refractivity contribution is -0.143. The highest BCUT2D eigenvalue weighted by Gasteiger charge is 2.44. The van der Waals surface area contributed by atoms with Crippen LogP contribution in [-0.4, -0.2) is 153 Å². The van der Waals surface area contributed by atoms with E-state index >= 15 is 0 Å². The molecule has 19 heteroatoms. The first kappa shape index (κ1) is 48.6. The standard InChI is InChI=1S/C38H65N7O12/c1-23(2)30(34(50)40-20-28(46)39-21-29(47)55-9)43-35(51)31(24(3)4)42-32(48)25(22-56-19-11-10-18-54-8)41-33(49)26-14-12-16-44(26)36(52)27-15-13-17-45(27)37(53)57-38(5,6)7/h23-27,30-31H,10-22H2,1-9H3,(H,39,46)(H,40,50)(H,41,49)(H,42,48)(H,43,51)/t25-,26-,27-,30-,31-/m0/s1. The number of ether oxygens (including phenoxy) is 4. The van der Waals surface area contributed by atoms with Crippen LogP contribution in [0, 0.1) is 11.8 Å². The molecule has 324 valence electrons. The molecule has 57 heavy (non-hydrogen) atoms. The van der Waals surface area contributed by atoms with Crippen LogP contribution >= 0.6 is 0 Å². The molecular weight excluding hydrogens is 746 g/mol. The largest absolute Gasteiger partial charge is 0.468 e. The lowest BCUT2D eigenvalue weighted by Crippen LogP contribution is -2.61. The van der Waals surface area contributed by atoms with E-state index in [1.807, 2.05) is 0 Å². The molecule has 2 rings (SSSR count). The first-order valence-corrected chi connectivity index (χ1v) is 19.7. The number of carbonyl (C=O) groups is 8. The Morgan fingerprint density at radius 2 is 1.28 bits per heavy atom. The molecule has 0 bridgehead atoms. The second-order valence-electron chi connectivity index (χ2n) is 15.9. The number of hydrogen-bond donors (Lipinski definition) is 5. The second kappa shape index (κ2) is 23.6. The quantitative estimate of drug-likeness (QED) is 0.0760. The molecule has 19 nitrogen and oxygen atoms in total. The Kier molecular flexibility index (Phi) is 20.2. The summed E-state index contributed by atoms with van der Waals surface area (Å²) in [6.45, 7) is 12.4. The van der Waals surface area contributed by atoms with Gasteiger partial charge in [0.1, 0.15) is 42.4 Å².